The predicted molar refractivity (Wildman–Crippen MR) is 156 cm³/mol. The molecular weight excluding hydrogens is 622 g/mol. The lowest BCUT2D eigenvalue weighted by Gasteiger charge is -2.32. The Labute approximate surface area is 256 Å². The van der Waals surface area contributed by atoms with Crippen LogP contribution in [-0.4, -0.2) is 72.6 Å². The summed E-state index contributed by atoms with van der Waals surface area (Å²) in [6, 6.07) is 4.25. The third-order valence-corrected chi connectivity index (χ3v) is 9.96. The standard InChI is InChI=1S/C30H26F6N6O2S/c31-15-11-29(4-1-5-42(29)13-15)14-44-28-39-24-17(27(40-28)41-6-8-43-9-7-41)10-19(30(34,35)36)22(23(24)33)16-2-3-20(32)25-21(16)18(12-37)26(38)45-25/h2-3,10,15H,1,4-9,11,13-14,38H2/t15-,29+/m1/s1. The first-order chi connectivity index (χ1) is 21.5. The van der Waals surface area contributed by atoms with E-state index in [0.29, 0.717) is 24.3 Å². The van der Waals surface area contributed by atoms with Gasteiger partial charge in [0.15, 0.2) is 5.82 Å². The monoisotopic (exact) mass is 648 g/mol. The molecule has 3 aliphatic rings. The van der Waals surface area contributed by atoms with Crippen molar-refractivity contribution in [1.29, 1.82) is 5.26 Å². The number of fused-ring (bicyclic) bond motifs is 3. The Kier molecular flexibility index (Phi) is 7.21. The van der Waals surface area contributed by atoms with Crippen LogP contribution in [0.25, 0.3) is 32.1 Å². The van der Waals surface area contributed by atoms with Gasteiger partial charge in [0, 0.05) is 42.4 Å². The number of morpholine rings is 1. The van der Waals surface area contributed by atoms with Crippen molar-refractivity contribution in [1.82, 2.24) is 14.9 Å². The van der Waals surface area contributed by atoms with Crippen molar-refractivity contribution >= 4 is 43.1 Å². The number of hydrogen-bond acceptors (Lipinski definition) is 9. The zero-order valence-electron chi connectivity index (χ0n) is 23.7. The summed E-state index contributed by atoms with van der Waals surface area (Å²) in [4.78, 5) is 12.4. The predicted octanol–water partition coefficient (Wildman–Crippen LogP) is 6.05. The van der Waals surface area contributed by atoms with Crippen LogP contribution in [0.1, 0.15) is 30.4 Å². The smallest absolute Gasteiger partial charge is 0.417 e. The van der Waals surface area contributed by atoms with Crippen LogP contribution in [0.5, 0.6) is 6.01 Å². The highest BCUT2D eigenvalue weighted by atomic mass is 32.1. The summed E-state index contributed by atoms with van der Waals surface area (Å²) in [5.74, 6) is -2.11. The van der Waals surface area contributed by atoms with Crippen molar-refractivity contribution in [2.24, 2.45) is 0 Å². The lowest BCUT2D eigenvalue weighted by atomic mass is 9.92. The molecule has 2 aromatic heterocycles. The average Bonchev–Trinajstić information content (AvgIpc) is 3.65. The molecule has 5 heterocycles. The number of ether oxygens (including phenoxy) is 2. The van der Waals surface area contributed by atoms with Gasteiger partial charge in [-0.05, 0) is 37.1 Å². The van der Waals surface area contributed by atoms with Gasteiger partial charge in [-0.15, -0.1) is 11.3 Å². The van der Waals surface area contributed by atoms with Gasteiger partial charge in [-0.3, -0.25) is 4.90 Å². The SMILES string of the molecule is N#Cc1c(N)sc2c(F)ccc(-c3c(C(F)(F)F)cc4c(N5CCOCC5)nc(OC[C@@]56CCCN5C[C@H](F)C6)nc4c3F)c12. The number of benzene rings is 2. The second kappa shape index (κ2) is 10.9. The number of nitrogens with zero attached hydrogens (tertiary/aromatic N) is 5. The molecule has 0 aliphatic carbocycles. The Morgan fingerprint density at radius 1 is 1.18 bits per heavy atom. The molecule has 15 heteroatoms. The molecule has 0 spiro atoms. The Bertz CT molecular complexity index is 1870. The van der Waals surface area contributed by atoms with Crippen LogP contribution in [0.3, 0.4) is 0 Å². The number of rotatable bonds is 5. The molecular formula is C30H26F6N6O2S. The molecule has 2 atom stereocenters. The van der Waals surface area contributed by atoms with E-state index in [2.05, 4.69) is 9.97 Å². The molecule has 8 nitrogen and oxygen atoms in total. The number of alkyl halides is 4. The van der Waals surface area contributed by atoms with Gasteiger partial charge < -0.3 is 20.1 Å². The fraction of sp³-hybridized carbons (Fsp3) is 0.433. The van der Waals surface area contributed by atoms with Gasteiger partial charge in [0.2, 0.25) is 0 Å². The van der Waals surface area contributed by atoms with E-state index in [1.54, 1.807) is 4.90 Å². The Morgan fingerprint density at radius 2 is 1.96 bits per heavy atom. The Balaban J connectivity index is 1.45. The van der Waals surface area contributed by atoms with E-state index in [1.807, 2.05) is 11.0 Å². The lowest BCUT2D eigenvalue weighted by Crippen LogP contribution is -2.43. The summed E-state index contributed by atoms with van der Waals surface area (Å²) in [7, 11) is 0. The first-order valence-electron chi connectivity index (χ1n) is 14.4. The number of nitriles is 1. The molecule has 0 saturated carbocycles. The molecule has 0 amide bonds. The normalized spacial score (nSPS) is 22.3. The van der Waals surface area contributed by atoms with Gasteiger partial charge in [0.25, 0.3) is 0 Å². The summed E-state index contributed by atoms with van der Waals surface area (Å²) in [5.41, 5.74) is 2.05. The number of aromatic nitrogens is 2. The summed E-state index contributed by atoms with van der Waals surface area (Å²) in [6.07, 6.45) is -4.27. The summed E-state index contributed by atoms with van der Waals surface area (Å²) in [6.45, 7) is 2.11. The molecule has 45 heavy (non-hydrogen) atoms. The largest absolute Gasteiger partial charge is 0.461 e. The second-order valence-corrected chi connectivity index (χ2v) is 12.6. The minimum absolute atomic E-state index is 0.0227. The Hall–Kier alpha value is -3.87. The molecule has 3 aliphatic heterocycles. The van der Waals surface area contributed by atoms with Gasteiger partial charge in [-0.25, -0.2) is 13.2 Å². The third kappa shape index (κ3) is 4.90. The number of nitrogen functional groups attached to an aromatic ring is 1. The van der Waals surface area contributed by atoms with Crippen LogP contribution in [0, 0.1) is 23.0 Å². The van der Waals surface area contributed by atoms with Crippen molar-refractivity contribution in [3.05, 3.63) is 41.0 Å². The van der Waals surface area contributed by atoms with Crippen molar-refractivity contribution in [2.75, 3.05) is 56.6 Å². The minimum atomic E-state index is -5.06. The van der Waals surface area contributed by atoms with Crippen LogP contribution in [0.15, 0.2) is 18.2 Å². The van der Waals surface area contributed by atoms with E-state index in [1.165, 1.54) is 0 Å². The van der Waals surface area contributed by atoms with E-state index < -0.39 is 46.2 Å². The van der Waals surface area contributed by atoms with Crippen molar-refractivity contribution < 1.29 is 35.8 Å². The molecule has 3 saturated heterocycles. The number of thiophene rings is 1. The highest BCUT2D eigenvalue weighted by molar-refractivity contribution is 7.23. The van der Waals surface area contributed by atoms with Gasteiger partial charge >= 0.3 is 12.2 Å². The molecule has 236 valence electrons. The van der Waals surface area contributed by atoms with Gasteiger partial charge in [-0.1, -0.05) is 6.07 Å². The summed E-state index contributed by atoms with van der Waals surface area (Å²) in [5, 5.41) is 9.22. The molecule has 0 unspecified atom stereocenters. The fourth-order valence-corrected chi connectivity index (χ4v) is 7.86. The highest BCUT2D eigenvalue weighted by Gasteiger charge is 2.49. The van der Waals surface area contributed by atoms with E-state index in [0.717, 1.165) is 24.6 Å². The third-order valence-electron chi connectivity index (χ3n) is 8.94. The maximum atomic E-state index is 16.8. The minimum Gasteiger partial charge on any atom is -0.461 e. The van der Waals surface area contributed by atoms with Crippen LogP contribution in [-0.2, 0) is 10.9 Å². The summed E-state index contributed by atoms with van der Waals surface area (Å²) >= 11 is 0.693. The molecule has 7 rings (SSSR count). The number of halogens is 6. The van der Waals surface area contributed by atoms with E-state index in [9.17, 15) is 27.2 Å². The van der Waals surface area contributed by atoms with Crippen molar-refractivity contribution in [2.45, 2.75) is 37.1 Å². The zero-order chi connectivity index (χ0) is 31.7. The quantitative estimate of drug-likeness (QED) is 0.261. The van der Waals surface area contributed by atoms with Crippen molar-refractivity contribution in [3.8, 4) is 23.2 Å². The molecule has 4 aromatic rings. The van der Waals surface area contributed by atoms with Gasteiger partial charge in [0.1, 0.15) is 41.0 Å². The first kappa shape index (κ1) is 29.8. The number of anilines is 2. The fourth-order valence-electron chi connectivity index (χ4n) is 6.91. The van der Waals surface area contributed by atoms with Crippen LogP contribution in [0.2, 0.25) is 0 Å². The first-order valence-corrected chi connectivity index (χ1v) is 15.2. The van der Waals surface area contributed by atoms with Crippen LogP contribution in [0.4, 0.5) is 37.2 Å². The maximum Gasteiger partial charge on any atom is 0.417 e. The topological polar surface area (TPSA) is 101 Å². The highest BCUT2D eigenvalue weighted by Crippen LogP contribution is 2.48. The average molecular weight is 649 g/mol. The van der Waals surface area contributed by atoms with Crippen LogP contribution >= 0.6 is 11.3 Å². The van der Waals surface area contributed by atoms with Crippen molar-refractivity contribution in [3.63, 3.8) is 0 Å². The molecule has 0 bridgehead atoms. The van der Waals surface area contributed by atoms with Gasteiger partial charge in [-0.2, -0.15) is 28.4 Å². The van der Waals surface area contributed by atoms with Crippen LogP contribution < -0.4 is 15.4 Å². The zero-order valence-corrected chi connectivity index (χ0v) is 24.5. The Morgan fingerprint density at radius 3 is 2.69 bits per heavy atom. The molecule has 3 fully saturated rings. The lowest BCUT2D eigenvalue weighted by molar-refractivity contribution is -0.137. The molecule has 2 aromatic carbocycles. The summed E-state index contributed by atoms with van der Waals surface area (Å²) < 4.78 is 101. The molecule has 2 N–H and O–H groups in total. The molecule has 0 radical (unpaired) electrons. The maximum absolute atomic E-state index is 16.8. The van der Waals surface area contributed by atoms with Gasteiger partial charge in [0.05, 0.1) is 34.6 Å². The van der Waals surface area contributed by atoms with E-state index in [-0.39, 0.29) is 89.3 Å². The van der Waals surface area contributed by atoms with E-state index in [4.69, 9.17) is 15.2 Å². The number of hydrogen-bond donors (Lipinski definition) is 1. The second-order valence-electron chi connectivity index (χ2n) is 11.6. The number of nitrogens with two attached hydrogens (primary N) is 1. The van der Waals surface area contributed by atoms with E-state index >= 15 is 4.39 Å².